The molecule has 0 fully saturated rings. The van der Waals surface area contributed by atoms with Crippen molar-refractivity contribution in [3.05, 3.63) is 23.2 Å². The minimum Gasteiger partial charge on any atom is -0.456 e. The molecule has 3 N–H and O–H groups in total. The van der Waals surface area contributed by atoms with Crippen molar-refractivity contribution >= 4 is 5.91 Å². The number of nitrogens with two attached hydrogens (primary N) is 1. The van der Waals surface area contributed by atoms with Crippen LogP contribution in [0.1, 0.15) is 35.7 Å². The van der Waals surface area contributed by atoms with Gasteiger partial charge >= 0.3 is 5.91 Å². The summed E-state index contributed by atoms with van der Waals surface area (Å²) >= 11 is 0. The molecule has 0 saturated heterocycles. The van der Waals surface area contributed by atoms with E-state index >= 15 is 0 Å². The number of amides is 1. The minimum atomic E-state index is -0.395. The second-order valence-corrected chi connectivity index (χ2v) is 6.10. The number of hydrogen-bond donors (Lipinski definition) is 2. The third-order valence-corrected chi connectivity index (χ3v) is 3.26. The second kappa shape index (κ2) is 8.17. The summed E-state index contributed by atoms with van der Waals surface area (Å²) in [4.78, 5) is 16.1. The van der Waals surface area contributed by atoms with Crippen LogP contribution in [0.25, 0.3) is 0 Å². The van der Waals surface area contributed by atoms with Crippen LogP contribution in [0.2, 0.25) is 0 Å². The molecule has 0 radical (unpaired) electrons. The lowest BCUT2D eigenvalue weighted by molar-refractivity contribution is 0.0924. The Balaban J connectivity index is 2.77. The van der Waals surface area contributed by atoms with Crippen molar-refractivity contribution in [1.82, 2.24) is 15.2 Å². The van der Waals surface area contributed by atoms with Crippen molar-refractivity contribution in [2.24, 2.45) is 11.8 Å². The van der Waals surface area contributed by atoms with E-state index in [-0.39, 0.29) is 5.76 Å². The third-order valence-electron chi connectivity index (χ3n) is 3.26. The fraction of sp³-hybridized carbons (Fsp3) is 0.667. The fourth-order valence-corrected chi connectivity index (χ4v) is 2.19. The summed E-state index contributed by atoms with van der Waals surface area (Å²) in [6, 6.07) is 1.78. The Labute approximate surface area is 127 Å². The molecular formula is C15H28N4O2. The van der Waals surface area contributed by atoms with E-state index < -0.39 is 5.91 Å². The SMILES string of the molecule is Cc1oc(C(=O)NN)cc1CN(CCN(C)C)CC(C)C. The van der Waals surface area contributed by atoms with Gasteiger partial charge in [0.15, 0.2) is 5.76 Å². The highest BCUT2D eigenvalue weighted by molar-refractivity contribution is 5.91. The first-order valence-corrected chi connectivity index (χ1v) is 7.30. The average Bonchev–Trinajstić information content (AvgIpc) is 2.76. The number of carbonyl (C=O) groups is 1. The number of nitrogens with one attached hydrogen (secondary N) is 1. The molecule has 0 atom stereocenters. The molecule has 1 heterocycles. The molecule has 1 rings (SSSR count). The molecule has 120 valence electrons. The molecule has 0 unspecified atom stereocenters. The maximum absolute atomic E-state index is 11.5. The number of rotatable bonds is 8. The summed E-state index contributed by atoms with van der Waals surface area (Å²) < 4.78 is 5.47. The lowest BCUT2D eigenvalue weighted by atomic mass is 10.1. The van der Waals surface area contributed by atoms with Gasteiger partial charge in [0.2, 0.25) is 0 Å². The maximum atomic E-state index is 11.5. The normalized spacial score (nSPS) is 11.7. The second-order valence-electron chi connectivity index (χ2n) is 6.10. The van der Waals surface area contributed by atoms with Crippen molar-refractivity contribution in [2.75, 3.05) is 33.7 Å². The van der Waals surface area contributed by atoms with Crippen LogP contribution in [-0.4, -0.2) is 49.4 Å². The number of hydrogen-bond acceptors (Lipinski definition) is 5. The van der Waals surface area contributed by atoms with Crippen LogP contribution >= 0.6 is 0 Å². The van der Waals surface area contributed by atoms with Crippen LogP contribution in [0.5, 0.6) is 0 Å². The molecule has 1 aromatic rings. The average molecular weight is 296 g/mol. The van der Waals surface area contributed by atoms with Crippen LogP contribution in [0.4, 0.5) is 0 Å². The van der Waals surface area contributed by atoms with Gasteiger partial charge in [-0.05, 0) is 33.0 Å². The molecule has 0 bridgehead atoms. The van der Waals surface area contributed by atoms with E-state index in [1.54, 1.807) is 6.07 Å². The van der Waals surface area contributed by atoms with Crippen molar-refractivity contribution in [3.63, 3.8) is 0 Å². The van der Waals surface area contributed by atoms with Crippen LogP contribution in [0, 0.1) is 12.8 Å². The predicted molar refractivity (Wildman–Crippen MR) is 83.8 cm³/mol. The van der Waals surface area contributed by atoms with E-state index in [9.17, 15) is 4.79 Å². The van der Waals surface area contributed by atoms with E-state index in [2.05, 4.69) is 43.2 Å². The number of carbonyl (C=O) groups excluding carboxylic acids is 1. The number of hydrazine groups is 1. The van der Waals surface area contributed by atoms with Gasteiger partial charge in [-0.1, -0.05) is 13.8 Å². The maximum Gasteiger partial charge on any atom is 0.300 e. The summed E-state index contributed by atoms with van der Waals surface area (Å²) in [5.74, 6) is 6.37. The highest BCUT2D eigenvalue weighted by Crippen LogP contribution is 2.17. The van der Waals surface area contributed by atoms with Crippen molar-refractivity contribution in [1.29, 1.82) is 0 Å². The van der Waals surface area contributed by atoms with E-state index in [1.807, 2.05) is 6.92 Å². The monoisotopic (exact) mass is 296 g/mol. The zero-order chi connectivity index (χ0) is 16.0. The summed E-state index contributed by atoms with van der Waals surface area (Å²) in [7, 11) is 4.14. The molecule has 0 aliphatic rings. The fourth-order valence-electron chi connectivity index (χ4n) is 2.19. The van der Waals surface area contributed by atoms with Crippen molar-refractivity contribution in [3.8, 4) is 0 Å². The number of aryl methyl sites for hydroxylation is 1. The summed E-state index contributed by atoms with van der Waals surface area (Å²) in [6.45, 7) is 10.1. The summed E-state index contributed by atoms with van der Waals surface area (Å²) in [6.07, 6.45) is 0. The van der Waals surface area contributed by atoms with Crippen molar-refractivity contribution in [2.45, 2.75) is 27.3 Å². The number of nitrogen functional groups attached to an aromatic ring is 1. The molecule has 0 aromatic carbocycles. The van der Waals surface area contributed by atoms with Crippen LogP contribution < -0.4 is 11.3 Å². The molecule has 0 spiro atoms. The number of likely N-dealkylation sites (N-methyl/N-ethyl adjacent to an activating group) is 1. The topological polar surface area (TPSA) is 74.7 Å². The van der Waals surface area contributed by atoms with E-state index in [4.69, 9.17) is 10.3 Å². The molecule has 0 aliphatic carbocycles. The first kappa shape index (κ1) is 17.7. The first-order valence-electron chi connectivity index (χ1n) is 7.30. The van der Waals surface area contributed by atoms with Gasteiger partial charge in [-0.3, -0.25) is 15.1 Å². The Morgan fingerprint density at radius 2 is 2.05 bits per heavy atom. The highest BCUT2D eigenvalue weighted by Gasteiger charge is 2.16. The zero-order valence-electron chi connectivity index (χ0n) is 13.8. The van der Waals surface area contributed by atoms with Gasteiger partial charge in [0.05, 0.1) is 0 Å². The quantitative estimate of drug-likeness (QED) is 0.428. The van der Waals surface area contributed by atoms with Crippen molar-refractivity contribution < 1.29 is 9.21 Å². The molecule has 1 amide bonds. The molecule has 0 aliphatic heterocycles. The smallest absolute Gasteiger partial charge is 0.300 e. The first-order chi connectivity index (χ1) is 9.83. The van der Waals surface area contributed by atoms with Gasteiger partial charge in [0, 0.05) is 31.7 Å². The molecular weight excluding hydrogens is 268 g/mol. The van der Waals surface area contributed by atoms with Gasteiger partial charge in [-0.25, -0.2) is 5.84 Å². The number of nitrogens with zero attached hydrogens (tertiary/aromatic N) is 2. The van der Waals surface area contributed by atoms with Crippen LogP contribution in [0.3, 0.4) is 0 Å². The molecule has 21 heavy (non-hydrogen) atoms. The Bertz CT molecular complexity index is 455. The van der Waals surface area contributed by atoms with Gasteiger partial charge < -0.3 is 9.32 Å². The van der Waals surface area contributed by atoms with E-state index in [0.29, 0.717) is 5.92 Å². The Hall–Kier alpha value is -1.37. The Morgan fingerprint density at radius 1 is 1.38 bits per heavy atom. The molecule has 0 saturated carbocycles. The van der Waals surface area contributed by atoms with Gasteiger partial charge in [-0.15, -0.1) is 0 Å². The van der Waals surface area contributed by atoms with E-state index in [0.717, 1.165) is 37.5 Å². The van der Waals surface area contributed by atoms with Gasteiger partial charge in [0.1, 0.15) is 5.76 Å². The predicted octanol–water partition coefficient (Wildman–Crippen LogP) is 1.21. The highest BCUT2D eigenvalue weighted by atomic mass is 16.4. The largest absolute Gasteiger partial charge is 0.456 e. The van der Waals surface area contributed by atoms with Crippen LogP contribution in [0.15, 0.2) is 10.5 Å². The Kier molecular flexibility index (Phi) is 6.87. The van der Waals surface area contributed by atoms with Crippen LogP contribution in [-0.2, 0) is 6.54 Å². The molecule has 6 nitrogen and oxygen atoms in total. The minimum absolute atomic E-state index is 0.266. The van der Waals surface area contributed by atoms with Gasteiger partial charge in [-0.2, -0.15) is 0 Å². The Morgan fingerprint density at radius 3 is 2.57 bits per heavy atom. The lowest BCUT2D eigenvalue weighted by Crippen LogP contribution is -2.34. The summed E-state index contributed by atoms with van der Waals surface area (Å²) in [5, 5.41) is 0. The number of furan rings is 1. The third kappa shape index (κ3) is 5.87. The van der Waals surface area contributed by atoms with E-state index in [1.165, 1.54) is 0 Å². The summed E-state index contributed by atoms with van der Waals surface area (Å²) in [5.41, 5.74) is 3.13. The van der Waals surface area contributed by atoms with Gasteiger partial charge in [0.25, 0.3) is 0 Å². The molecule has 6 heteroatoms. The molecule has 1 aromatic heterocycles. The zero-order valence-corrected chi connectivity index (χ0v) is 13.8. The standard InChI is InChI=1S/C15H28N4O2/c1-11(2)9-19(7-6-18(4)5)10-13-8-14(15(20)17-16)21-12(13)3/h8,11H,6-7,9-10,16H2,1-5H3,(H,17,20). The lowest BCUT2D eigenvalue weighted by Gasteiger charge is -2.25.